The number of amides is 1. The van der Waals surface area contributed by atoms with Crippen molar-refractivity contribution in [3.05, 3.63) is 59.4 Å². The van der Waals surface area contributed by atoms with Crippen molar-refractivity contribution in [1.29, 1.82) is 0 Å². The molecular formula is C16H16N2O3. The second-order valence-corrected chi connectivity index (χ2v) is 4.62. The summed E-state index contributed by atoms with van der Waals surface area (Å²) in [6.45, 7) is 2.40. The molecule has 0 fully saturated rings. The maximum Gasteiger partial charge on any atom is 0.293 e. The summed E-state index contributed by atoms with van der Waals surface area (Å²) in [6, 6.07) is 12.7. The lowest BCUT2D eigenvalue weighted by Gasteiger charge is -2.17. The predicted molar refractivity (Wildman–Crippen MR) is 79.0 cm³/mol. The number of nitrogens with zero attached hydrogens (tertiary/aromatic N) is 2. The van der Waals surface area contributed by atoms with E-state index in [1.165, 1.54) is 4.90 Å². The smallest absolute Gasteiger partial charge is 0.293 e. The first-order valence-electron chi connectivity index (χ1n) is 6.47. The lowest BCUT2D eigenvalue weighted by atomic mass is 10.2. The van der Waals surface area contributed by atoms with Crippen LogP contribution in [0.15, 0.2) is 42.5 Å². The monoisotopic (exact) mass is 284 g/mol. The molecule has 0 radical (unpaired) electrons. The van der Waals surface area contributed by atoms with E-state index in [4.69, 9.17) is 0 Å². The van der Waals surface area contributed by atoms with Crippen LogP contribution < -0.4 is 4.90 Å². The standard InChI is InChI=1S/C16H16N2O3/c1-12-6-8-14(9-7-12)18(2)16(20)15-5-3-4-13(17-15)10-21-11-19/h3-9,11H,10H2,1-2H3. The van der Waals surface area contributed by atoms with E-state index in [1.807, 2.05) is 31.2 Å². The van der Waals surface area contributed by atoms with Crippen LogP contribution in [-0.2, 0) is 16.1 Å². The number of hydrogen-bond donors (Lipinski definition) is 0. The fourth-order valence-corrected chi connectivity index (χ4v) is 1.86. The summed E-state index contributed by atoms with van der Waals surface area (Å²) in [7, 11) is 1.70. The molecule has 0 spiro atoms. The molecule has 0 aliphatic heterocycles. The molecule has 0 N–H and O–H groups in total. The highest BCUT2D eigenvalue weighted by Crippen LogP contribution is 2.16. The van der Waals surface area contributed by atoms with E-state index in [-0.39, 0.29) is 12.5 Å². The number of hydrogen-bond acceptors (Lipinski definition) is 4. The Labute approximate surface area is 123 Å². The first kappa shape index (κ1) is 14.7. The molecule has 0 saturated heterocycles. The molecule has 5 nitrogen and oxygen atoms in total. The van der Waals surface area contributed by atoms with Crippen molar-refractivity contribution in [3.8, 4) is 0 Å². The van der Waals surface area contributed by atoms with Crippen LogP contribution in [0.3, 0.4) is 0 Å². The Morgan fingerprint density at radius 3 is 2.62 bits per heavy atom. The van der Waals surface area contributed by atoms with Crippen LogP contribution in [0.25, 0.3) is 0 Å². The van der Waals surface area contributed by atoms with Gasteiger partial charge in [-0.15, -0.1) is 0 Å². The number of carbonyl (C=O) groups is 2. The van der Waals surface area contributed by atoms with Crippen molar-refractivity contribution < 1.29 is 14.3 Å². The summed E-state index contributed by atoms with van der Waals surface area (Å²) in [5.74, 6) is -0.216. The summed E-state index contributed by atoms with van der Waals surface area (Å²) in [6.07, 6.45) is 0. The maximum atomic E-state index is 12.4. The van der Waals surface area contributed by atoms with E-state index in [0.29, 0.717) is 17.9 Å². The van der Waals surface area contributed by atoms with Gasteiger partial charge in [0.25, 0.3) is 12.4 Å². The molecule has 1 aromatic heterocycles. The van der Waals surface area contributed by atoms with Gasteiger partial charge in [-0.1, -0.05) is 23.8 Å². The van der Waals surface area contributed by atoms with Crippen molar-refractivity contribution in [2.45, 2.75) is 13.5 Å². The fraction of sp³-hybridized carbons (Fsp3) is 0.188. The van der Waals surface area contributed by atoms with Gasteiger partial charge in [0.05, 0.1) is 5.69 Å². The van der Waals surface area contributed by atoms with Gasteiger partial charge in [0, 0.05) is 12.7 Å². The zero-order valence-corrected chi connectivity index (χ0v) is 11.9. The number of rotatable bonds is 5. The minimum atomic E-state index is -0.216. The third-order valence-electron chi connectivity index (χ3n) is 3.05. The molecule has 0 unspecified atom stereocenters. The lowest BCUT2D eigenvalue weighted by Crippen LogP contribution is -2.27. The van der Waals surface area contributed by atoms with Gasteiger partial charge in [-0.2, -0.15) is 0 Å². The van der Waals surface area contributed by atoms with Gasteiger partial charge in [-0.25, -0.2) is 4.98 Å². The lowest BCUT2D eigenvalue weighted by molar-refractivity contribution is -0.129. The second kappa shape index (κ2) is 6.65. The van der Waals surface area contributed by atoms with Crippen LogP contribution in [0.1, 0.15) is 21.7 Å². The molecule has 0 saturated carbocycles. The average molecular weight is 284 g/mol. The number of carbonyl (C=O) groups excluding carboxylic acids is 2. The van der Waals surface area contributed by atoms with Crippen LogP contribution in [-0.4, -0.2) is 24.4 Å². The molecule has 0 aliphatic rings. The Balaban J connectivity index is 2.18. The SMILES string of the molecule is Cc1ccc(N(C)C(=O)c2cccc(COC=O)n2)cc1. The summed E-state index contributed by atoms with van der Waals surface area (Å²) in [5, 5.41) is 0. The van der Waals surface area contributed by atoms with Crippen molar-refractivity contribution in [2.75, 3.05) is 11.9 Å². The molecular weight excluding hydrogens is 268 g/mol. The van der Waals surface area contributed by atoms with E-state index in [9.17, 15) is 9.59 Å². The summed E-state index contributed by atoms with van der Waals surface area (Å²) in [5.41, 5.74) is 2.77. The maximum absolute atomic E-state index is 12.4. The highest BCUT2D eigenvalue weighted by molar-refractivity contribution is 6.04. The van der Waals surface area contributed by atoms with Gasteiger partial charge >= 0.3 is 0 Å². The number of pyridine rings is 1. The van der Waals surface area contributed by atoms with Crippen molar-refractivity contribution in [1.82, 2.24) is 4.98 Å². The molecule has 1 heterocycles. The molecule has 1 aromatic carbocycles. The molecule has 0 atom stereocenters. The number of anilines is 1. The van der Waals surface area contributed by atoms with Gasteiger partial charge in [-0.3, -0.25) is 9.59 Å². The van der Waals surface area contributed by atoms with Crippen molar-refractivity contribution in [3.63, 3.8) is 0 Å². The van der Waals surface area contributed by atoms with E-state index in [2.05, 4.69) is 9.72 Å². The Kier molecular flexibility index (Phi) is 4.66. The highest BCUT2D eigenvalue weighted by Gasteiger charge is 2.15. The average Bonchev–Trinajstić information content (AvgIpc) is 2.52. The van der Waals surface area contributed by atoms with Crippen LogP contribution in [0.2, 0.25) is 0 Å². The number of benzene rings is 1. The molecule has 0 bridgehead atoms. The number of ether oxygens (including phenoxy) is 1. The third kappa shape index (κ3) is 3.66. The van der Waals surface area contributed by atoms with Gasteiger partial charge < -0.3 is 9.64 Å². The van der Waals surface area contributed by atoms with E-state index < -0.39 is 0 Å². The highest BCUT2D eigenvalue weighted by atomic mass is 16.5. The predicted octanol–water partition coefficient (Wildman–Crippen LogP) is 2.34. The Morgan fingerprint density at radius 2 is 1.95 bits per heavy atom. The zero-order valence-electron chi connectivity index (χ0n) is 11.9. The molecule has 0 aliphatic carbocycles. The van der Waals surface area contributed by atoms with Crippen LogP contribution >= 0.6 is 0 Å². The Bertz CT molecular complexity index is 638. The largest absolute Gasteiger partial charge is 0.461 e. The van der Waals surface area contributed by atoms with Gasteiger partial charge in [0.1, 0.15) is 12.3 Å². The Hall–Kier alpha value is -2.69. The minimum Gasteiger partial charge on any atom is -0.461 e. The van der Waals surface area contributed by atoms with Crippen LogP contribution in [0.4, 0.5) is 5.69 Å². The second-order valence-electron chi connectivity index (χ2n) is 4.62. The molecule has 5 heteroatoms. The minimum absolute atomic E-state index is 0.0544. The third-order valence-corrected chi connectivity index (χ3v) is 3.05. The normalized spacial score (nSPS) is 10.0. The summed E-state index contributed by atoms with van der Waals surface area (Å²) < 4.78 is 4.64. The van der Waals surface area contributed by atoms with E-state index in [1.54, 1.807) is 25.2 Å². The molecule has 1 amide bonds. The van der Waals surface area contributed by atoms with Gasteiger partial charge in [0.15, 0.2) is 0 Å². The van der Waals surface area contributed by atoms with E-state index in [0.717, 1.165) is 11.3 Å². The molecule has 2 rings (SSSR count). The Morgan fingerprint density at radius 1 is 1.24 bits per heavy atom. The summed E-state index contributed by atoms with van der Waals surface area (Å²) >= 11 is 0. The number of aryl methyl sites for hydroxylation is 1. The summed E-state index contributed by atoms with van der Waals surface area (Å²) in [4.78, 5) is 28.3. The van der Waals surface area contributed by atoms with Crippen LogP contribution in [0, 0.1) is 6.92 Å². The molecule has 2 aromatic rings. The molecule has 108 valence electrons. The number of aromatic nitrogens is 1. The van der Waals surface area contributed by atoms with Gasteiger partial charge in [-0.05, 0) is 31.2 Å². The topological polar surface area (TPSA) is 59.5 Å². The van der Waals surface area contributed by atoms with Gasteiger partial charge in [0.2, 0.25) is 0 Å². The van der Waals surface area contributed by atoms with Crippen molar-refractivity contribution in [2.24, 2.45) is 0 Å². The fourth-order valence-electron chi connectivity index (χ4n) is 1.86. The quantitative estimate of drug-likeness (QED) is 0.791. The van der Waals surface area contributed by atoms with E-state index >= 15 is 0 Å². The first-order valence-corrected chi connectivity index (χ1v) is 6.47. The van der Waals surface area contributed by atoms with Crippen molar-refractivity contribution >= 4 is 18.1 Å². The van der Waals surface area contributed by atoms with Crippen LogP contribution in [0.5, 0.6) is 0 Å². The first-order chi connectivity index (χ1) is 10.1. The zero-order chi connectivity index (χ0) is 15.2. The molecule has 21 heavy (non-hydrogen) atoms.